The molecule has 0 radical (unpaired) electrons. The van der Waals surface area contributed by atoms with Crippen molar-refractivity contribution in [2.75, 3.05) is 37.0 Å². The van der Waals surface area contributed by atoms with Crippen LogP contribution in [0.1, 0.15) is 37.1 Å². The van der Waals surface area contributed by atoms with Gasteiger partial charge in [-0.2, -0.15) is 13.2 Å². The van der Waals surface area contributed by atoms with Gasteiger partial charge in [0.1, 0.15) is 17.7 Å². The van der Waals surface area contributed by atoms with Gasteiger partial charge in [-0.15, -0.1) is 0 Å². The summed E-state index contributed by atoms with van der Waals surface area (Å²) >= 11 is 0. The third kappa shape index (κ3) is 4.53. The standard InChI is InChI=1S/C21H27F3N6O/c1-13(2)29-6-4-14(10-29)28-19-16-11-30(7-5-18(16)26-12-27-19)15-8-17(21(22,23)24)20(31-3)25-9-15/h8-9,12-14H,4-7,10-11H2,1-3H3,(H,26,27,28)/t14-/m0/s1. The number of rotatable bonds is 5. The predicted octanol–water partition coefficient (Wildman–Crippen LogP) is 3.36. The molecule has 168 valence electrons. The van der Waals surface area contributed by atoms with Crippen LogP contribution < -0.4 is 15.0 Å². The molecule has 2 aromatic heterocycles. The number of likely N-dealkylation sites (tertiary alicyclic amines) is 1. The second-order valence-corrected chi connectivity index (χ2v) is 8.29. The van der Waals surface area contributed by atoms with Gasteiger partial charge in [0.05, 0.1) is 24.7 Å². The number of alkyl halides is 3. The van der Waals surface area contributed by atoms with E-state index in [1.807, 2.05) is 4.90 Å². The lowest BCUT2D eigenvalue weighted by molar-refractivity contribution is -0.139. The second-order valence-electron chi connectivity index (χ2n) is 8.29. The topological polar surface area (TPSA) is 66.4 Å². The Kier molecular flexibility index (Phi) is 5.92. The molecule has 0 unspecified atom stereocenters. The van der Waals surface area contributed by atoms with Gasteiger partial charge in [0.15, 0.2) is 0 Å². The molecular formula is C21H27F3N6O. The molecule has 0 spiro atoms. The van der Waals surface area contributed by atoms with Crippen molar-refractivity contribution >= 4 is 11.5 Å². The molecule has 1 fully saturated rings. The minimum atomic E-state index is -4.54. The molecule has 0 bridgehead atoms. The maximum atomic E-state index is 13.4. The van der Waals surface area contributed by atoms with Gasteiger partial charge in [-0.25, -0.2) is 15.0 Å². The summed E-state index contributed by atoms with van der Waals surface area (Å²) < 4.78 is 45.1. The van der Waals surface area contributed by atoms with Crippen molar-refractivity contribution in [3.05, 3.63) is 35.4 Å². The summed E-state index contributed by atoms with van der Waals surface area (Å²) in [4.78, 5) is 17.0. The minimum Gasteiger partial charge on any atom is -0.481 e. The van der Waals surface area contributed by atoms with E-state index < -0.39 is 17.6 Å². The van der Waals surface area contributed by atoms with Gasteiger partial charge >= 0.3 is 6.18 Å². The van der Waals surface area contributed by atoms with Crippen LogP contribution in [0.15, 0.2) is 18.6 Å². The monoisotopic (exact) mass is 436 g/mol. The van der Waals surface area contributed by atoms with E-state index in [0.29, 0.717) is 31.2 Å². The van der Waals surface area contributed by atoms with E-state index in [0.717, 1.165) is 42.7 Å². The molecule has 10 heteroatoms. The SMILES string of the molecule is COc1ncc(N2CCc3ncnc(N[C@H]4CCN(C(C)C)C4)c3C2)cc1C(F)(F)F. The lowest BCUT2D eigenvalue weighted by atomic mass is 10.0. The summed E-state index contributed by atoms with van der Waals surface area (Å²) in [6.07, 6.45) is 0.0967. The summed E-state index contributed by atoms with van der Waals surface area (Å²) in [5.74, 6) is 0.345. The van der Waals surface area contributed by atoms with Crippen molar-refractivity contribution in [1.29, 1.82) is 0 Å². The smallest absolute Gasteiger partial charge is 0.421 e. The number of hydrogen-bond acceptors (Lipinski definition) is 7. The maximum absolute atomic E-state index is 13.4. The number of nitrogens with one attached hydrogen (secondary N) is 1. The normalized spacial score (nSPS) is 19.6. The number of fused-ring (bicyclic) bond motifs is 1. The van der Waals surface area contributed by atoms with E-state index in [4.69, 9.17) is 4.74 Å². The van der Waals surface area contributed by atoms with Crippen LogP contribution in [-0.2, 0) is 19.1 Å². The van der Waals surface area contributed by atoms with Crippen LogP contribution in [0.5, 0.6) is 5.88 Å². The van der Waals surface area contributed by atoms with Crippen molar-refractivity contribution in [3.63, 3.8) is 0 Å². The lowest BCUT2D eigenvalue weighted by Gasteiger charge is -2.31. The van der Waals surface area contributed by atoms with E-state index in [1.165, 1.54) is 13.3 Å². The second kappa shape index (κ2) is 8.49. The van der Waals surface area contributed by atoms with Crippen molar-refractivity contribution in [3.8, 4) is 5.88 Å². The fourth-order valence-electron chi connectivity index (χ4n) is 4.23. The van der Waals surface area contributed by atoms with E-state index >= 15 is 0 Å². The summed E-state index contributed by atoms with van der Waals surface area (Å²) in [7, 11) is 1.19. The van der Waals surface area contributed by atoms with Crippen LogP contribution in [0, 0.1) is 0 Å². The van der Waals surface area contributed by atoms with Gasteiger partial charge in [0, 0.05) is 50.2 Å². The molecule has 4 heterocycles. The molecule has 2 aliphatic rings. The fourth-order valence-corrected chi connectivity index (χ4v) is 4.23. The van der Waals surface area contributed by atoms with Crippen LogP contribution in [0.3, 0.4) is 0 Å². The highest BCUT2D eigenvalue weighted by Crippen LogP contribution is 2.38. The summed E-state index contributed by atoms with van der Waals surface area (Å²) in [5.41, 5.74) is 1.40. The summed E-state index contributed by atoms with van der Waals surface area (Å²) in [6, 6.07) is 1.88. The molecule has 2 aliphatic heterocycles. The molecule has 31 heavy (non-hydrogen) atoms. The highest BCUT2D eigenvalue weighted by Gasteiger charge is 2.36. The minimum absolute atomic E-state index is 0.288. The van der Waals surface area contributed by atoms with E-state index in [9.17, 15) is 13.2 Å². The Morgan fingerprint density at radius 2 is 2.00 bits per heavy atom. The first-order chi connectivity index (χ1) is 14.8. The molecule has 2 aromatic rings. The highest BCUT2D eigenvalue weighted by atomic mass is 19.4. The van der Waals surface area contributed by atoms with Crippen molar-refractivity contribution in [1.82, 2.24) is 19.9 Å². The van der Waals surface area contributed by atoms with Crippen LogP contribution in [0.4, 0.5) is 24.7 Å². The Bertz CT molecular complexity index is 936. The molecule has 0 aromatic carbocycles. The van der Waals surface area contributed by atoms with Gasteiger partial charge in [-0.05, 0) is 26.3 Å². The zero-order valence-corrected chi connectivity index (χ0v) is 17.9. The van der Waals surface area contributed by atoms with E-state index in [-0.39, 0.29) is 6.04 Å². The first-order valence-electron chi connectivity index (χ1n) is 10.5. The average Bonchev–Trinajstić information content (AvgIpc) is 3.21. The van der Waals surface area contributed by atoms with Crippen LogP contribution in [-0.4, -0.2) is 58.7 Å². The zero-order valence-electron chi connectivity index (χ0n) is 17.9. The average molecular weight is 436 g/mol. The fraction of sp³-hybridized carbons (Fsp3) is 0.571. The zero-order chi connectivity index (χ0) is 22.2. The van der Waals surface area contributed by atoms with Crippen LogP contribution in [0.2, 0.25) is 0 Å². The lowest BCUT2D eigenvalue weighted by Crippen LogP contribution is -2.34. The Morgan fingerprint density at radius 3 is 2.68 bits per heavy atom. The number of anilines is 2. The number of pyridine rings is 1. The van der Waals surface area contributed by atoms with Gasteiger partial charge < -0.3 is 15.0 Å². The third-order valence-corrected chi connectivity index (χ3v) is 5.99. The first-order valence-corrected chi connectivity index (χ1v) is 10.5. The maximum Gasteiger partial charge on any atom is 0.421 e. The number of methoxy groups -OCH3 is 1. The van der Waals surface area contributed by atoms with Gasteiger partial charge in [0.25, 0.3) is 0 Å². The number of halogens is 3. The summed E-state index contributed by atoms with van der Waals surface area (Å²) in [6.45, 7) is 7.32. The number of nitrogens with zero attached hydrogens (tertiary/aromatic N) is 5. The molecule has 4 rings (SSSR count). The van der Waals surface area contributed by atoms with Crippen LogP contribution in [0.25, 0.3) is 0 Å². The highest BCUT2D eigenvalue weighted by molar-refractivity contribution is 5.56. The van der Waals surface area contributed by atoms with Gasteiger partial charge in [0.2, 0.25) is 5.88 Å². The molecular weight excluding hydrogens is 409 g/mol. The first kappa shape index (κ1) is 21.6. The number of ether oxygens (including phenoxy) is 1. The van der Waals surface area contributed by atoms with Crippen LogP contribution >= 0.6 is 0 Å². The third-order valence-electron chi connectivity index (χ3n) is 5.99. The van der Waals surface area contributed by atoms with E-state index in [1.54, 1.807) is 6.33 Å². The molecule has 1 N–H and O–H groups in total. The predicted molar refractivity (Wildman–Crippen MR) is 111 cm³/mol. The van der Waals surface area contributed by atoms with E-state index in [2.05, 4.69) is 39.0 Å². The van der Waals surface area contributed by atoms with Gasteiger partial charge in [-0.3, -0.25) is 4.90 Å². The molecule has 7 nitrogen and oxygen atoms in total. The Labute approximate surface area is 179 Å². The number of hydrogen-bond donors (Lipinski definition) is 1. The molecule has 0 aliphatic carbocycles. The number of aromatic nitrogens is 3. The van der Waals surface area contributed by atoms with Crippen molar-refractivity contribution in [2.45, 2.75) is 51.5 Å². The van der Waals surface area contributed by atoms with Crippen molar-refractivity contribution in [2.24, 2.45) is 0 Å². The van der Waals surface area contributed by atoms with Gasteiger partial charge in [-0.1, -0.05) is 0 Å². The molecule has 1 saturated heterocycles. The summed E-state index contributed by atoms with van der Waals surface area (Å²) in [5, 5.41) is 3.54. The molecule has 1 atom stereocenters. The quantitative estimate of drug-likeness (QED) is 0.771. The van der Waals surface area contributed by atoms with Crippen molar-refractivity contribution < 1.29 is 17.9 Å². The molecule has 0 saturated carbocycles. The molecule has 0 amide bonds. The Morgan fingerprint density at radius 1 is 1.19 bits per heavy atom. The Balaban J connectivity index is 1.56. The Hall–Kier alpha value is -2.62. The largest absolute Gasteiger partial charge is 0.481 e.